The largest absolute Gasteiger partial charge is 0.515 e. The van der Waals surface area contributed by atoms with Gasteiger partial charge in [0, 0.05) is 24.3 Å². The van der Waals surface area contributed by atoms with E-state index in [0.29, 0.717) is 48.5 Å². The lowest BCUT2D eigenvalue weighted by Crippen LogP contribution is -2.58. The van der Waals surface area contributed by atoms with E-state index in [-0.39, 0.29) is 22.8 Å². The minimum absolute atomic E-state index is 0.0409. The highest BCUT2D eigenvalue weighted by Gasteiger charge is 2.59. The van der Waals surface area contributed by atoms with E-state index in [9.17, 15) is 14.7 Å². The van der Waals surface area contributed by atoms with Gasteiger partial charge in [-0.2, -0.15) is 0 Å². The van der Waals surface area contributed by atoms with E-state index in [0.717, 1.165) is 38.4 Å². The number of esters is 1. The summed E-state index contributed by atoms with van der Waals surface area (Å²) in [4.78, 5) is 24.0. The molecular formula is C20H28O4. The minimum atomic E-state index is -0.292. The lowest BCUT2D eigenvalue weighted by Gasteiger charge is -2.61. The Morgan fingerprint density at radius 3 is 2.67 bits per heavy atom. The fourth-order valence-electron chi connectivity index (χ4n) is 6.64. The summed E-state index contributed by atoms with van der Waals surface area (Å²) in [6.45, 7) is 4.46. The van der Waals surface area contributed by atoms with E-state index in [2.05, 4.69) is 13.8 Å². The van der Waals surface area contributed by atoms with Crippen LogP contribution < -0.4 is 0 Å². The van der Waals surface area contributed by atoms with Crippen molar-refractivity contribution in [3.8, 4) is 0 Å². The molecule has 6 atom stereocenters. The van der Waals surface area contributed by atoms with E-state index in [1.807, 2.05) is 0 Å². The Bertz CT molecular complexity index is 609. The number of aliphatic hydroxyl groups is 1. The van der Waals surface area contributed by atoms with Crippen LogP contribution in [0.25, 0.3) is 0 Å². The van der Waals surface area contributed by atoms with Crippen LogP contribution in [-0.4, -0.2) is 22.5 Å². The van der Waals surface area contributed by atoms with Gasteiger partial charge >= 0.3 is 5.97 Å². The molecule has 1 heterocycles. The molecule has 24 heavy (non-hydrogen) atoms. The quantitative estimate of drug-likeness (QED) is 0.414. The first-order valence-electron chi connectivity index (χ1n) is 9.46. The molecule has 1 saturated heterocycles. The maximum atomic E-state index is 12.2. The molecule has 3 saturated carbocycles. The molecule has 0 bridgehead atoms. The molecule has 132 valence electrons. The summed E-state index contributed by atoms with van der Waals surface area (Å²) in [6, 6.07) is 0. The van der Waals surface area contributed by atoms with Crippen molar-refractivity contribution in [2.75, 3.05) is 0 Å². The van der Waals surface area contributed by atoms with Crippen molar-refractivity contribution in [3.05, 3.63) is 11.8 Å². The van der Waals surface area contributed by atoms with Gasteiger partial charge < -0.3 is 9.84 Å². The second-order valence-corrected chi connectivity index (χ2v) is 8.98. The third-order valence-electron chi connectivity index (χ3n) is 7.92. The average molecular weight is 332 g/mol. The second-order valence-electron chi connectivity index (χ2n) is 8.98. The van der Waals surface area contributed by atoms with Crippen molar-refractivity contribution in [2.24, 2.45) is 29.1 Å². The molecule has 0 spiro atoms. The predicted molar refractivity (Wildman–Crippen MR) is 89.2 cm³/mol. The first-order valence-corrected chi connectivity index (χ1v) is 9.46. The first kappa shape index (κ1) is 16.2. The Hall–Kier alpha value is -1.32. The third kappa shape index (κ3) is 2.18. The molecule has 0 unspecified atom stereocenters. The summed E-state index contributed by atoms with van der Waals surface area (Å²) in [5.74, 6) is 2.11. The summed E-state index contributed by atoms with van der Waals surface area (Å²) in [7, 11) is 0. The van der Waals surface area contributed by atoms with Crippen molar-refractivity contribution < 1.29 is 19.4 Å². The number of ether oxygens (including phenoxy) is 1. The molecule has 1 N–H and O–H groups in total. The molecule has 0 amide bonds. The van der Waals surface area contributed by atoms with Crippen LogP contribution in [-0.2, 0) is 14.3 Å². The van der Waals surface area contributed by atoms with Crippen LogP contribution in [0.3, 0.4) is 0 Å². The van der Waals surface area contributed by atoms with Crippen molar-refractivity contribution in [2.45, 2.75) is 70.8 Å². The van der Waals surface area contributed by atoms with Gasteiger partial charge in [-0.1, -0.05) is 6.92 Å². The maximum Gasteiger partial charge on any atom is 0.306 e. The average Bonchev–Trinajstić information content (AvgIpc) is 2.53. The highest BCUT2D eigenvalue weighted by atomic mass is 16.6. The molecule has 4 heteroatoms. The summed E-state index contributed by atoms with van der Waals surface area (Å²) < 4.78 is 5.81. The van der Waals surface area contributed by atoms with E-state index in [1.165, 1.54) is 0 Å². The molecule has 0 aromatic rings. The standard InChI is InChI=1S/C20H28O4/c1-19-10-12(11-21)17(22)9-13(19)3-4-14-15(19)7-8-20(2)16(14)5-6-18(23)24-20/h11,13-16,21H,3-10H2,1-2H3/b12-11-/t13-,14-,15+,16-,19-,20-/m0/s1. The SMILES string of the molecule is C[C@]12C/C(=C/O)C(=O)C[C@@H]1CC[C@H]1[C@H]2CC[C@]2(C)OC(=O)CC[C@@H]12. The molecular weight excluding hydrogens is 304 g/mol. The van der Waals surface area contributed by atoms with Gasteiger partial charge in [0.1, 0.15) is 5.60 Å². The number of hydrogen-bond acceptors (Lipinski definition) is 4. The lowest BCUT2D eigenvalue weighted by atomic mass is 9.45. The molecule has 4 rings (SSSR count). The monoisotopic (exact) mass is 332 g/mol. The van der Waals surface area contributed by atoms with Crippen LogP contribution in [0.15, 0.2) is 11.8 Å². The minimum Gasteiger partial charge on any atom is -0.515 e. The van der Waals surface area contributed by atoms with Gasteiger partial charge in [0.05, 0.1) is 6.26 Å². The van der Waals surface area contributed by atoms with Crippen LogP contribution in [0.1, 0.15) is 65.2 Å². The number of fused-ring (bicyclic) bond motifs is 5. The molecule has 4 fully saturated rings. The van der Waals surface area contributed by atoms with E-state index in [1.54, 1.807) is 0 Å². The van der Waals surface area contributed by atoms with Gasteiger partial charge in [0.25, 0.3) is 0 Å². The third-order valence-corrected chi connectivity index (χ3v) is 7.92. The molecule has 1 aliphatic heterocycles. The molecule has 3 aliphatic carbocycles. The zero-order chi connectivity index (χ0) is 17.1. The van der Waals surface area contributed by atoms with Gasteiger partial charge in [-0.25, -0.2) is 0 Å². The Labute approximate surface area is 143 Å². The number of aliphatic hydroxyl groups excluding tert-OH is 1. The summed E-state index contributed by atoms with van der Waals surface area (Å²) in [5.41, 5.74) is 0.409. The van der Waals surface area contributed by atoms with Crippen molar-refractivity contribution in [3.63, 3.8) is 0 Å². The molecule has 0 aromatic carbocycles. The van der Waals surface area contributed by atoms with Crippen LogP contribution in [0.2, 0.25) is 0 Å². The molecule has 0 aromatic heterocycles. The smallest absolute Gasteiger partial charge is 0.306 e. The normalized spacial score (nSPS) is 49.8. The van der Waals surface area contributed by atoms with Crippen LogP contribution in [0.5, 0.6) is 0 Å². The zero-order valence-electron chi connectivity index (χ0n) is 14.7. The number of hydrogen-bond donors (Lipinski definition) is 1. The number of Topliss-reactive ketones (excluding diaryl/α,β-unsaturated/α-hetero) is 1. The summed E-state index contributed by atoms with van der Waals surface area (Å²) >= 11 is 0. The van der Waals surface area contributed by atoms with Gasteiger partial charge in [0.2, 0.25) is 0 Å². The van der Waals surface area contributed by atoms with Crippen molar-refractivity contribution >= 4 is 11.8 Å². The topological polar surface area (TPSA) is 63.6 Å². The maximum absolute atomic E-state index is 12.2. The summed E-state index contributed by atoms with van der Waals surface area (Å²) in [5, 5.41) is 9.48. The predicted octanol–water partition coefficient (Wildman–Crippen LogP) is 3.95. The number of rotatable bonds is 0. The molecule has 0 radical (unpaired) electrons. The van der Waals surface area contributed by atoms with Gasteiger partial charge in [-0.3, -0.25) is 9.59 Å². The number of ketones is 1. The van der Waals surface area contributed by atoms with Gasteiger partial charge in [-0.15, -0.1) is 0 Å². The van der Waals surface area contributed by atoms with Crippen LogP contribution >= 0.6 is 0 Å². The van der Waals surface area contributed by atoms with E-state index >= 15 is 0 Å². The number of carbonyl (C=O) groups is 2. The fraction of sp³-hybridized carbons (Fsp3) is 0.800. The Morgan fingerprint density at radius 2 is 1.92 bits per heavy atom. The van der Waals surface area contributed by atoms with Crippen LogP contribution in [0.4, 0.5) is 0 Å². The van der Waals surface area contributed by atoms with E-state index < -0.39 is 0 Å². The fourth-order valence-corrected chi connectivity index (χ4v) is 6.64. The first-order chi connectivity index (χ1) is 11.4. The van der Waals surface area contributed by atoms with E-state index in [4.69, 9.17) is 4.74 Å². The lowest BCUT2D eigenvalue weighted by molar-refractivity contribution is -0.201. The molecule has 4 nitrogen and oxygen atoms in total. The zero-order valence-corrected chi connectivity index (χ0v) is 14.7. The Morgan fingerprint density at radius 1 is 1.12 bits per heavy atom. The number of allylic oxidation sites excluding steroid dienone is 1. The second kappa shape index (κ2) is 5.34. The Kier molecular flexibility index (Phi) is 3.59. The molecule has 4 aliphatic rings. The van der Waals surface area contributed by atoms with Crippen LogP contribution in [0, 0.1) is 29.1 Å². The van der Waals surface area contributed by atoms with Gasteiger partial charge in [-0.05, 0) is 68.6 Å². The van der Waals surface area contributed by atoms with Crippen molar-refractivity contribution in [1.82, 2.24) is 0 Å². The number of carbonyl (C=O) groups excluding carboxylic acids is 2. The highest BCUT2D eigenvalue weighted by molar-refractivity contribution is 5.96. The van der Waals surface area contributed by atoms with Gasteiger partial charge in [0.15, 0.2) is 5.78 Å². The highest BCUT2D eigenvalue weighted by Crippen LogP contribution is 2.63. The Balaban J connectivity index is 1.65. The van der Waals surface area contributed by atoms with Crippen molar-refractivity contribution in [1.29, 1.82) is 0 Å². The summed E-state index contributed by atoms with van der Waals surface area (Å²) in [6.07, 6.45) is 8.05.